The van der Waals surface area contributed by atoms with Gasteiger partial charge in [0.1, 0.15) is 12.9 Å². The smallest absolute Gasteiger partial charge is 0.463 e. The number of aromatic amines is 2. The number of nitrogens with two attached hydrogens (primary N) is 1. The van der Waals surface area contributed by atoms with Crippen LogP contribution in [0.25, 0.3) is 22.5 Å². The average Bonchev–Trinajstić information content (AvgIpc) is 3.42. The van der Waals surface area contributed by atoms with Gasteiger partial charge in [-0.3, -0.25) is 19.6 Å². The molecule has 1 amide bonds. The average molecular weight is 680 g/mol. The van der Waals surface area contributed by atoms with E-state index in [0.717, 1.165) is 12.8 Å². The summed E-state index contributed by atoms with van der Waals surface area (Å²) in [6, 6.07) is 11.4. The Bertz CT molecular complexity index is 1850. The number of hydrogen-bond acceptors (Lipinski definition) is 7. The van der Waals surface area contributed by atoms with Gasteiger partial charge in [0.15, 0.2) is 17.3 Å². The number of aromatic nitrogens is 5. The molecule has 1 aliphatic carbocycles. The number of halogens is 3. The van der Waals surface area contributed by atoms with Gasteiger partial charge in [-0.15, -0.1) is 8.78 Å². The van der Waals surface area contributed by atoms with E-state index in [-0.39, 0.29) is 41.7 Å². The number of carbonyl (C=O) groups is 2. The minimum absolute atomic E-state index is 0.0247. The van der Waals surface area contributed by atoms with E-state index in [1.807, 2.05) is 27.7 Å². The zero-order valence-corrected chi connectivity index (χ0v) is 27.9. The molecule has 14 heteroatoms. The Morgan fingerprint density at radius 2 is 1.90 bits per heavy atom. The third-order valence-electron chi connectivity index (χ3n) is 8.90. The zero-order valence-electron chi connectivity index (χ0n) is 27.1. The number of alkyl halides is 2. The molecular weight excluding hydrogens is 642 g/mol. The van der Waals surface area contributed by atoms with Crippen molar-refractivity contribution >= 4 is 29.4 Å². The number of H-pyrrole nitrogens is 2. The summed E-state index contributed by atoms with van der Waals surface area (Å²) in [6.07, 6.45) is 6.66. The van der Waals surface area contributed by atoms with E-state index >= 15 is 0 Å². The zero-order chi connectivity index (χ0) is 34.4. The molecule has 0 radical (unpaired) electrons. The van der Waals surface area contributed by atoms with Crippen molar-refractivity contribution in [3.63, 3.8) is 0 Å². The maximum atomic E-state index is 14.9. The Morgan fingerprint density at radius 1 is 1.17 bits per heavy atom. The van der Waals surface area contributed by atoms with Gasteiger partial charge in [-0.2, -0.15) is 10.2 Å². The summed E-state index contributed by atoms with van der Waals surface area (Å²) >= 11 is 6.55. The van der Waals surface area contributed by atoms with Crippen molar-refractivity contribution in [2.24, 2.45) is 21.6 Å². The van der Waals surface area contributed by atoms with Crippen molar-refractivity contribution in [3.05, 3.63) is 77.3 Å². The Morgan fingerprint density at radius 3 is 2.50 bits per heavy atom. The first kappa shape index (κ1) is 33.3. The lowest BCUT2D eigenvalue weighted by Crippen LogP contribution is -2.47. The van der Waals surface area contributed by atoms with Crippen molar-refractivity contribution in [1.29, 1.82) is 0 Å². The molecule has 6 rings (SSSR count). The number of aliphatic imine (C=N–C) groups is 1. The second-order valence-electron chi connectivity index (χ2n) is 14.1. The van der Waals surface area contributed by atoms with Gasteiger partial charge in [0.2, 0.25) is 6.20 Å². The van der Waals surface area contributed by atoms with Crippen molar-refractivity contribution in [2.75, 3.05) is 6.61 Å². The first-order chi connectivity index (χ1) is 22.7. The molecule has 2 aromatic heterocycles. The van der Waals surface area contributed by atoms with E-state index in [2.05, 4.69) is 20.3 Å². The molecule has 3 heterocycles. The summed E-state index contributed by atoms with van der Waals surface area (Å²) in [5.41, 5.74) is 7.77. The third-order valence-corrected chi connectivity index (χ3v) is 9.23. The van der Waals surface area contributed by atoms with Crippen LogP contribution in [0.3, 0.4) is 0 Å². The van der Waals surface area contributed by atoms with Crippen molar-refractivity contribution in [2.45, 2.75) is 71.5 Å². The highest BCUT2D eigenvalue weighted by atomic mass is 35.5. The van der Waals surface area contributed by atoms with E-state index in [9.17, 15) is 18.4 Å². The molecule has 48 heavy (non-hydrogen) atoms. The summed E-state index contributed by atoms with van der Waals surface area (Å²) in [5, 5.41) is 9.68. The molecule has 0 spiro atoms. The molecule has 1 fully saturated rings. The van der Waals surface area contributed by atoms with Crippen LogP contribution in [-0.2, 0) is 19.9 Å². The van der Waals surface area contributed by atoms with Gasteiger partial charge < -0.3 is 10.5 Å². The van der Waals surface area contributed by atoms with Gasteiger partial charge in [0.25, 0.3) is 5.91 Å². The summed E-state index contributed by atoms with van der Waals surface area (Å²) in [6.45, 7) is 5.19. The molecule has 0 saturated heterocycles. The van der Waals surface area contributed by atoms with Crippen LogP contribution in [0.4, 0.5) is 8.78 Å². The molecule has 4 aromatic rings. The van der Waals surface area contributed by atoms with E-state index in [4.69, 9.17) is 27.1 Å². The van der Waals surface area contributed by atoms with Crippen LogP contribution in [0.5, 0.6) is 0 Å². The molecule has 252 valence electrons. The molecule has 4 N–H and O–H groups in total. The number of hydrogen-bond donors (Lipinski definition) is 3. The number of guanidine groups is 1. The molecule has 1 aliphatic heterocycles. The number of ether oxygens (including phenoxy) is 1. The standard InChI is InChI=1S/C34H37ClF2N8O3/c1-32(2,3)18-34(23-8-5-20(6-9-23)22-15-41-44(16-22)30(36)37)29(47)45(31(38)42-34)26(17-48-27(46)14-33(4)11-12-33)21-7-10-25(35)24(13-21)28-39-19-40-43-28/h5-10,13,15-16,19,26,30H,11-12,14,17-18H2,1-4H3,(H3,38,39,40,42,43)/p+1/t26-,34-/m1/s1. The maximum Gasteiger partial charge on any atom is 0.472 e. The predicted octanol–water partition coefficient (Wildman–Crippen LogP) is 6.07. The number of nitrogens with zero attached hydrogens (tertiary/aromatic N) is 5. The minimum Gasteiger partial charge on any atom is -0.463 e. The van der Waals surface area contributed by atoms with Crippen molar-refractivity contribution in [1.82, 2.24) is 25.2 Å². The van der Waals surface area contributed by atoms with Crippen molar-refractivity contribution < 1.29 is 27.8 Å². The topological polar surface area (TPSA) is 146 Å². The summed E-state index contributed by atoms with van der Waals surface area (Å²) in [4.78, 5) is 38.3. The lowest BCUT2D eigenvalue weighted by Gasteiger charge is -2.35. The largest absolute Gasteiger partial charge is 0.472 e. The fourth-order valence-electron chi connectivity index (χ4n) is 6.20. The van der Waals surface area contributed by atoms with Crippen LogP contribution < -0.4 is 10.4 Å². The maximum absolute atomic E-state index is 14.9. The summed E-state index contributed by atoms with van der Waals surface area (Å²) in [7, 11) is 0. The Kier molecular flexibility index (Phi) is 8.61. The molecule has 2 aliphatic rings. The molecule has 2 aromatic carbocycles. The second-order valence-corrected chi connectivity index (χ2v) is 14.5. The van der Waals surface area contributed by atoms with Crippen molar-refractivity contribution in [3.8, 4) is 22.5 Å². The minimum atomic E-state index is -2.70. The van der Waals surface area contributed by atoms with Gasteiger partial charge >= 0.3 is 12.5 Å². The number of amides is 1. The van der Waals surface area contributed by atoms with Crippen LogP contribution >= 0.6 is 11.6 Å². The quantitative estimate of drug-likeness (QED) is 0.130. The van der Waals surface area contributed by atoms with Crippen LogP contribution in [0, 0.1) is 10.8 Å². The number of carbonyl (C=O) groups excluding carboxylic acids is 2. The lowest BCUT2D eigenvalue weighted by molar-refractivity contribution is -0.818. The highest BCUT2D eigenvalue weighted by molar-refractivity contribution is 6.33. The van der Waals surface area contributed by atoms with E-state index in [1.54, 1.807) is 42.5 Å². The molecule has 11 nitrogen and oxygen atoms in total. The molecule has 0 unspecified atom stereocenters. The van der Waals surface area contributed by atoms with Gasteiger partial charge in [0, 0.05) is 5.56 Å². The van der Waals surface area contributed by atoms with Gasteiger partial charge in [0.05, 0.1) is 29.2 Å². The SMILES string of the molecule is CC(C)(C)C[C@]1(c2ccc(-c3c[nH][n+](C(F)F)c3)cc2)N=C(N)N([C@H](COC(=O)CC2(C)CC2)c2ccc(Cl)c(-c3ncn[nH]3)c2)C1=O. The number of esters is 1. The van der Waals surface area contributed by atoms with Crippen LogP contribution in [0.2, 0.25) is 5.02 Å². The summed E-state index contributed by atoms with van der Waals surface area (Å²) < 4.78 is 32.9. The first-order valence-electron chi connectivity index (χ1n) is 15.7. The summed E-state index contributed by atoms with van der Waals surface area (Å²) in [5.74, 6) is -0.340. The normalized spacial score (nSPS) is 19.5. The first-order valence-corrected chi connectivity index (χ1v) is 16.0. The highest BCUT2D eigenvalue weighted by Crippen LogP contribution is 2.49. The Balaban J connectivity index is 1.38. The Labute approximate surface area is 281 Å². The van der Waals surface area contributed by atoms with E-state index in [0.29, 0.717) is 49.8 Å². The third kappa shape index (κ3) is 6.69. The molecule has 0 bridgehead atoms. The van der Waals surface area contributed by atoms with Gasteiger partial charge in [-0.1, -0.05) is 74.3 Å². The van der Waals surface area contributed by atoms with Gasteiger partial charge in [-0.25, -0.2) is 9.98 Å². The van der Waals surface area contributed by atoms with Crippen LogP contribution in [0.15, 0.2) is 66.2 Å². The van der Waals surface area contributed by atoms with Crippen LogP contribution in [-0.4, -0.2) is 49.6 Å². The lowest BCUT2D eigenvalue weighted by atomic mass is 9.75. The molecule has 1 saturated carbocycles. The molecule has 2 atom stereocenters. The van der Waals surface area contributed by atoms with Crippen LogP contribution in [0.1, 0.15) is 77.1 Å². The highest BCUT2D eigenvalue weighted by Gasteiger charge is 2.53. The second kappa shape index (κ2) is 12.4. The number of nitrogens with one attached hydrogen (secondary N) is 2. The number of benzene rings is 2. The number of rotatable bonds is 11. The fraction of sp³-hybridized carbons (Fsp3) is 0.412. The monoisotopic (exact) mass is 679 g/mol. The molecular formula is C34H38ClF2N8O3+. The Hall–Kier alpha value is -4.65. The predicted molar refractivity (Wildman–Crippen MR) is 174 cm³/mol. The fourth-order valence-corrected chi connectivity index (χ4v) is 6.41. The van der Waals surface area contributed by atoms with E-state index < -0.39 is 18.1 Å². The van der Waals surface area contributed by atoms with Gasteiger partial charge in [-0.05, 0) is 58.9 Å². The van der Waals surface area contributed by atoms with E-state index in [1.165, 1.54) is 23.6 Å².